The van der Waals surface area contributed by atoms with E-state index in [-0.39, 0.29) is 37.8 Å². The van der Waals surface area contributed by atoms with Crippen molar-refractivity contribution < 1.29 is 29.1 Å². The van der Waals surface area contributed by atoms with Crippen LogP contribution in [-0.2, 0) is 24.0 Å². The lowest BCUT2D eigenvalue weighted by Gasteiger charge is -2.28. The Morgan fingerprint density at radius 3 is 2.38 bits per heavy atom. The number of nitrogens with one attached hydrogen (secondary N) is 3. The van der Waals surface area contributed by atoms with Gasteiger partial charge in [-0.25, -0.2) is 4.79 Å². The molecule has 2 saturated heterocycles. The number of carbonyl (C=O) groups excluding carboxylic acids is 4. The van der Waals surface area contributed by atoms with Gasteiger partial charge in [-0.05, 0) is 45.1 Å². The molecule has 2 heterocycles. The number of hydrogen-bond acceptors (Lipinski definition) is 7. The maximum Gasteiger partial charge on any atom is 0.326 e. The van der Waals surface area contributed by atoms with Crippen LogP contribution in [0.1, 0.15) is 44.9 Å². The number of hydrogen-bond donors (Lipinski definition) is 7. The highest BCUT2D eigenvalue weighted by atomic mass is 16.4. The summed E-state index contributed by atoms with van der Waals surface area (Å²) in [6.45, 7) is 1.10. The molecule has 2 fully saturated rings. The molecule has 14 nitrogen and oxygen atoms in total. The Morgan fingerprint density at radius 1 is 1.06 bits per heavy atom. The van der Waals surface area contributed by atoms with Gasteiger partial charge in [-0.3, -0.25) is 24.2 Å². The van der Waals surface area contributed by atoms with Crippen LogP contribution >= 0.6 is 0 Å². The molecule has 14 heteroatoms. The number of carboxylic acid groups (broad SMARTS) is 1. The molecule has 4 unspecified atom stereocenters. The highest BCUT2D eigenvalue weighted by molar-refractivity contribution is 5.96. The molecule has 0 radical (unpaired) electrons. The van der Waals surface area contributed by atoms with Crippen molar-refractivity contribution >= 4 is 35.6 Å². The number of nitrogens with two attached hydrogens (primary N) is 3. The molecule has 10 N–H and O–H groups in total. The number of carbonyl (C=O) groups is 5. The Hall–Kier alpha value is -3.42. The molecule has 190 valence electrons. The van der Waals surface area contributed by atoms with E-state index in [0.29, 0.717) is 25.8 Å². The van der Waals surface area contributed by atoms with Crippen molar-refractivity contribution in [2.75, 3.05) is 19.6 Å². The summed E-state index contributed by atoms with van der Waals surface area (Å²) in [6, 6.07) is -3.85. The van der Waals surface area contributed by atoms with E-state index in [1.165, 1.54) is 0 Å². The zero-order chi connectivity index (χ0) is 25.3. The minimum atomic E-state index is -1.35. The van der Waals surface area contributed by atoms with Crippen LogP contribution in [0.4, 0.5) is 0 Å². The fourth-order valence-electron chi connectivity index (χ4n) is 4.11. The van der Waals surface area contributed by atoms with Crippen molar-refractivity contribution in [3.05, 3.63) is 0 Å². The van der Waals surface area contributed by atoms with Gasteiger partial charge in [0, 0.05) is 13.1 Å². The van der Waals surface area contributed by atoms with Crippen molar-refractivity contribution in [3.8, 4) is 0 Å². The SMILES string of the molecule is NC(=O)CC(NC(=O)C(CCCN=C(N)N)NC(=O)C1CCCN1)C(=O)N1CCCC1C(=O)O. The van der Waals surface area contributed by atoms with E-state index in [9.17, 15) is 29.1 Å². The van der Waals surface area contributed by atoms with Crippen LogP contribution in [0.5, 0.6) is 0 Å². The number of rotatable bonds is 12. The monoisotopic (exact) mass is 482 g/mol. The Balaban J connectivity index is 2.13. The van der Waals surface area contributed by atoms with Gasteiger partial charge in [0.15, 0.2) is 5.96 Å². The predicted octanol–water partition coefficient (Wildman–Crippen LogP) is -3.29. The number of aliphatic carboxylic acids is 1. The van der Waals surface area contributed by atoms with Crippen LogP contribution in [0.25, 0.3) is 0 Å². The molecular weight excluding hydrogens is 448 g/mol. The Labute approximate surface area is 197 Å². The fraction of sp³-hybridized carbons (Fsp3) is 0.700. The maximum atomic E-state index is 13.1. The third-order valence-electron chi connectivity index (χ3n) is 5.80. The minimum Gasteiger partial charge on any atom is -0.480 e. The number of amides is 4. The summed E-state index contributed by atoms with van der Waals surface area (Å²) in [5.41, 5.74) is 15.9. The average Bonchev–Trinajstić information content (AvgIpc) is 3.46. The fourth-order valence-corrected chi connectivity index (χ4v) is 4.11. The first-order valence-electron chi connectivity index (χ1n) is 11.3. The van der Waals surface area contributed by atoms with Crippen LogP contribution in [0.3, 0.4) is 0 Å². The third-order valence-corrected chi connectivity index (χ3v) is 5.80. The van der Waals surface area contributed by atoms with Gasteiger partial charge in [-0.15, -0.1) is 0 Å². The second-order valence-corrected chi connectivity index (χ2v) is 8.42. The second-order valence-electron chi connectivity index (χ2n) is 8.42. The molecule has 0 saturated carbocycles. The van der Waals surface area contributed by atoms with Gasteiger partial charge >= 0.3 is 5.97 Å². The molecule has 0 bridgehead atoms. The van der Waals surface area contributed by atoms with Gasteiger partial charge in [0.05, 0.1) is 12.5 Å². The Kier molecular flexibility index (Phi) is 10.0. The molecular formula is C20H34N8O6. The summed E-state index contributed by atoms with van der Waals surface area (Å²) >= 11 is 0. The van der Waals surface area contributed by atoms with Crippen molar-refractivity contribution in [3.63, 3.8) is 0 Å². The summed E-state index contributed by atoms with van der Waals surface area (Å²) < 4.78 is 0. The van der Waals surface area contributed by atoms with E-state index in [0.717, 1.165) is 11.3 Å². The normalized spacial score (nSPS) is 21.4. The van der Waals surface area contributed by atoms with Crippen LogP contribution in [-0.4, -0.2) is 89.4 Å². The molecule has 0 spiro atoms. The largest absolute Gasteiger partial charge is 0.480 e. The first-order valence-corrected chi connectivity index (χ1v) is 11.3. The van der Waals surface area contributed by atoms with Crippen LogP contribution < -0.4 is 33.2 Å². The number of nitrogens with zero attached hydrogens (tertiary/aromatic N) is 2. The lowest BCUT2D eigenvalue weighted by molar-refractivity contribution is -0.149. The zero-order valence-corrected chi connectivity index (χ0v) is 19.0. The Bertz CT molecular complexity index is 809. The van der Waals surface area contributed by atoms with Gasteiger partial charge in [0.1, 0.15) is 18.1 Å². The zero-order valence-electron chi connectivity index (χ0n) is 19.0. The van der Waals surface area contributed by atoms with Crippen LogP contribution in [0, 0.1) is 0 Å². The summed E-state index contributed by atoms with van der Waals surface area (Å²) in [4.78, 5) is 66.7. The molecule has 2 aliphatic heterocycles. The summed E-state index contributed by atoms with van der Waals surface area (Å²) in [5.74, 6) is -3.87. The van der Waals surface area contributed by atoms with E-state index in [4.69, 9.17) is 17.2 Å². The highest BCUT2D eigenvalue weighted by Crippen LogP contribution is 2.19. The summed E-state index contributed by atoms with van der Waals surface area (Å²) in [6.07, 6.45) is 2.23. The molecule has 0 aliphatic carbocycles. The van der Waals surface area contributed by atoms with E-state index in [1.807, 2.05) is 0 Å². The van der Waals surface area contributed by atoms with Crippen LogP contribution in [0.15, 0.2) is 4.99 Å². The molecule has 0 aromatic rings. The van der Waals surface area contributed by atoms with Gasteiger partial charge in [0.25, 0.3) is 0 Å². The van der Waals surface area contributed by atoms with E-state index in [2.05, 4.69) is 20.9 Å². The summed E-state index contributed by atoms with van der Waals surface area (Å²) in [7, 11) is 0. The molecule has 0 aromatic carbocycles. The van der Waals surface area contributed by atoms with Crippen molar-refractivity contribution in [2.45, 2.75) is 69.1 Å². The van der Waals surface area contributed by atoms with Crippen molar-refractivity contribution in [1.82, 2.24) is 20.9 Å². The van der Waals surface area contributed by atoms with Gasteiger partial charge in [-0.2, -0.15) is 0 Å². The van der Waals surface area contributed by atoms with E-state index in [1.54, 1.807) is 0 Å². The lowest BCUT2D eigenvalue weighted by atomic mass is 10.1. The number of carboxylic acids is 1. The van der Waals surface area contributed by atoms with Crippen molar-refractivity contribution in [2.24, 2.45) is 22.2 Å². The summed E-state index contributed by atoms with van der Waals surface area (Å²) in [5, 5.41) is 17.6. The van der Waals surface area contributed by atoms with E-state index < -0.39 is 54.3 Å². The molecule has 4 amide bonds. The maximum absolute atomic E-state index is 13.1. The third kappa shape index (κ3) is 7.86. The topological polar surface area (TPSA) is 235 Å². The molecule has 34 heavy (non-hydrogen) atoms. The number of guanidine groups is 1. The molecule has 4 atom stereocenters. The molecule has 2 aliphatic rings. The average molecular weight is 483 g/mol. The molecule has 2 rings (SSSR count). The predicted molar refractivity (Wildman–Crippen MR) is 121 cm³/mol. The first kappa shape index (κ1) is 26.8. The second kappa shape index (κ2) is 12.7. The van der Waals surface area contributed by atoms with E-state index >= 15 is 0 Å². The first-order chi connectivity index (χ1) is 16.1. The van der Waals surface area contributed by atoms with Crippen LogP contribution in [0.2, 0.25) is 0 Å². The number of primary amides is 1. The smallest absolute Gasteiger partial charge is 0.326 e. The molecule has 0 aromatic heterocycles. The highest BCUT2D eigenvalue weighted by Gasteiger charge is 2.39. The number of aliphatic imine (C=N–C) groups is 1. The standard InChI is InChI=1S/C20H34N8O6/c21-15(29)10-13(18(32)28-9-3-6-14(28)19(33)34)27-17(31)12(5-2-8-25-20(22)23)26-16(30)11-4-1-7-24-11/h11-14,24H,1-10H2,(H2,21,29)(H,26,30)(H,27,31)(H,33,34)(H4,22,23,25). The minimum absolute atomic E-state index is 0.106. The van der Waals surface area contributed by atoms with Crippen molar-refractivity contribution in [1.29, 1.82) is 0 Å². The van der Waals surface area contributed by atoms with Gasteiger partial charge in [-0.1, -0.05) is 0 Å². The van der Waals surface area contributed by atoms with Gasteiger partial charge in [0.2, 0.25) is 23.6 Å². The quantitative estimate of drug-likeness (QED) is 0.0837. The van der Waals surface area contributed by atoms with Gasteiger partial charge < -0.3 is 43.2 Å². The Morgan fingerprint density at radius 2 is 1.79 bits per heavy atom. The number of likely N-dealkylation sites (tertiary alicyclic amines) is 1. The lowest BCUT2D eigenvalue weighted by Crippen LogP contribution is -2.57.